The number of rotatable bonds is 3. The Bertz CT molecular complexity index is 640. The zero-order chi connectivity index (χ0) is 14.9. The molecule has 2 fully saturated rings. The fourth-order valence-electron chi connectivity index (χ4n) is 3.63. The molecule has 0 spiro atoms. The van der Waals surface area contributed by atoms with Crippen LogP contribution in [0.5, 0.6) is 0 Å². The summed E-state index contributed by atoms with van der Waals surface area (Å²) in [5.41, 5.74) is 2.32. The first-order chi connectivity index (χ1) is 10.8. The summed E-state index contributed by atoms with van der Waals surface area (Å²) in [6, 6.07) is 4.22. The smallest absolute Gasteiger partial charge is 0.226 e. The van der Waals surface area contributed by atoms with Gasteiger partial charge in [0.2, 0.25) is 5.91 Å². The lowest BCUT2D eigenvalue weighted by atomic mass is 9.96. The van der Waals surface area contributed by atoms with Crippen molar-refractivity contribution in [1.29, 1.82) is 0 Å². The van der Waals surface area contributed by atoms with Gasteiger partial charge in [0.25, 0.3) is 0 Å². The molecule has 0 bridgehead atoms. The quantitative estimate of drug-likeness (QED) is 0.947. The standard InChI is InChI=1S/C17H20N4O/c22-17(15-8-14(15)12-4-3-6-18-9-12)21-7-2-1-5-16(21)13-10-19-20-11-13/h3-4,6,9-11,14-16H,1-2,5,7-8H2,(H,19,20)/t14-,15+,16+/m0/s1. The summed E-state index contributed by atoms with van der Waals surface area (Å²) in [7, 11) is 0. The predicted octanol–water partition coefficient (Wildman–Crippen LogP) is 2.66. The molecule has 1 saturated heterocycles. The van der Waals surface area contributed by atoms with Gasteiger partial charge in [-0.25, -0.2) is 0 Å². The summed E-state index contributed by atoms with van der Waals surface area (Å²) in [4.78, 5) is 19.2. The van der Waals surface area contributed by atoms with Crippen LogP contribution in [0.4, 0.5) is 0 Å². The topological polar surface area (TPSA) is 61.9 Å². The molecule has 3 atom stereocenters. The van der Waals surface area contributed by atoms with Crippen LogP contribution in [0.1, 0.15) is 48.8 Å². The Hall–Kier alpha value is -2.17. The number of nitrogens with zero attached hydrogens (tertiary/aromatic N) is 3. The molecule has 1 amide bonds. The van der Waals surface area contributed by atoms with E-state index < -0.39 is 0 Å². The van der Waals surface area contributed by atoms with Crippen molar-refractivity contribution in [3.8, 4) is 0 Å². The second kappa shape index (κ2) is 5.55. The number of nitrogens with one attached hydrogen (secondary N) is 1. The Kier molecular flexibility index (Phi) is 3.41. The summed E-state index contributed by atoms with van der Waals surface area (Å²) in [5, 5.41) is 6.91. The molecule has 1 N–H and O–H groups in total. The third-order valence-corrected chi connectivity index (χ3v) is 4.91. The number of hydrogen-bond donors (Lipinski definition) is 1. The highest BCUT2D eigenvalue weighted by Crippen LogP contribution is 2.49. The molecule has 5 heteroatoms. The zero-order valence-corrected chi connectivity index (χ0v) is 12.5. The van der Waals surface area contributed by atoms with Crippen LogP contribution in [0.25, 0.3) is 0 Å². The van der Waals surface area contributed by atoms with Crippen LogP contribution in [-0.2, 0) is 4.79 Å². The molecule has 1 aliphatic carbocycles. The fraction of sp³-hybridized carbons (Fsp3) is 0.471. The van der Waals surface area contributed by atoms with E-state index in [0.717, 1.165) is 31.4 Å². The molecule has 114 valence electrons. The van der Waals surface area contributed by atoms with E-state index in [9.17, 15) is 4.79 Å². The van der Waals surface area contributed by atoms with Gasteiger partial charge in [-0.3, -0.25) is 14.9 Å². The molecule has 0 radical (unpaired) electrons. The molecular weight excluding hydrogens is 276 g/mol. The number of carbonyl (C=O) groups excluding carboxylic acids is 1. The first-order valence-electron chi connectivity index (χ1n) is 8.03. The van der Waals surface area contributed by atoms with E-state index in [-0.39, 0.29) is 12.0 Å². The van der Waals surface area contributed by atoms with Crippen molar-refractivity contribution in [1.82, 2.24) is 20.1 Å². The van der Waals surface area contributed by atoms with Crippen LogP contribution in [0.2, 0.25) is 0 Å². The number of likely N-dealkylation sites (tertiary alicyclic amines) is 1. The van der Waals surface area contributed by atoms with Gasteiger partial charge >= 0.3 is 0 Å². The highest BCUT2D eigenvalue weighted by molar-refractivity contribution is 5.83. The van der Waals surface area contributed by atoms with Gasteiger partial charge in [0.05, 0.1) is 12.2 Å². The highest BCUT2D eigenvalue weighted by atomic mass is 16.2. The van der Waals surface area contributed by atoms with Crippen molar-refractivity contribution < 1.29 is 4.79 Å². The predicted molar refractivity (Wildman–Crippen MR) is 82.0 cm³/mol. The summed E-state index contributed by atoms with van der Waals surface area (Å²) >= 11 is 0. The van der Waals surface area contributed by atoms with Crippen molar-refractivity contribution in [2.75, 3.05) is 6.54 Å². The number of amides is 1. The van der Waals surface area contributed by atoms with Gasteiger partial charge in [-0.1, -0.05) is 6.07 Å². The van der Waals surface area contributed by atoms with Crippen LogP contribution in [-0.4, -0.2) is 32.5 Å². The second-order valence-corrected chi connectivity index (χ2v) is 6.31. The SMILES string of the molecule is O=C([C@@H]1C[C@H]1c1cccnc1)N1CCCC[C@@H]1c1cn[nH]c1. The highest BCUT2D eigenvalue weighted by Gasteiger charge is 2.47. The van der Waals surface area contributed by atoms with E-state index in [1.165, 1.54) is 12.0 Å². The monoisotopic (exact) mass is 296 g/mol. The number of pyridine rings is 1. The maximum Gasteiger partial charge on any atom is 0.226 e. The Balaban J connectivity index is 1.50. The van der Waals surface area contributed by atoms with Crippen molar-refractivity contribution in [2.24, 2.45) is 5.92 Å². The van der Waals surface area contributed by atoms with Crippen molar-refractivity contribution in [2.45, 2.75) is 37.6 Å². The number of aromatic nitrogens is 3. The van der Waals surface area contributed by atoms with Crippen molar-refractivity contribution in [3.05, 3.63) is 48.0 Å². The minimum absolute atomic E-state index is 0.136. The van der Waals surface area contributed by atoms with Crippen molar-refractivity contribution in [3.63, 3.8) is 0 Å². The summed E-state index contributed by atoms with van der Waals surface area (Å²) in [6.07, 6.45) is 11.7. The van der Waals surface area contributed by atoms with Gasteiger partial charge in [0, 0.05) is 36.6 Å². The second-order valence-electron chi connectivity index (χ2n) is 6.31. The lowest BCUT2D eigenvalue weighted by Crippen LogP contribution is -2.39. The molecule has 2 aromatic rings. The number of H-pyrrole nitrogens is 1. The Morgan fingerprint density at radius 2 is 2.23 bits per heavy atom. The molecular formula is C17H20N4O. The molecule has 0 aromatic carbocycles. The van der Waals surface area contributed by atoms with Gasteiger partial charge in [-0.05, 0) is 43.2 Å². The molecule has 5 nitrogen and oxygen atoms in total. The van der Waals surface area contributed by atoms with Gasteiger partial charge < -0.3 is 4.90 Å². The fourth-order valence-corrected chi connectivity index (χ4v) is 3.63. The summed E-state index contributed by atoms with van der Waals surface area (Å²) < 4.78 is 0. The number of hydrogen-bond acceptors (Lipinski definition) is 3. The third kappa shape index (κ3) is 2.40. The van der Waals surface area contributed by atoms with E-state index in [2.05, 4.69) is 26.1 Å². The van der Waals surface area contributed by atoms with Gasteiger partial charge in [0.15, 0.2) is 0 Å². The minimum atomic E-state index is 0.136. The lowest BCUT2D eigenvalue weighted by molar-refractivity contribution is -0.136. The zero-order valence-electron chi connectivity index (χ0n) is 12.5. The van der Waals surface area contributed by atoms with Crippen LogP contribution in [0.15, 0.2) is 36.9 Å². The van der Waals surface area contributed by atoms with Gasteiger partial charge in [-0.2, -0.15) is 5.10 Å². The molecule has 22 heavy (non-hydrogen) atoms. The van der Waals surface area contributed by atoms with Crippen LogP contribution in [0, 0.1) is 5.92 Å². The molecule has 2 aliphatic rings. The van der Waals surface area contributed by atoms with Crippen LogP contribution in [0.3, 0.4) is 0 Å². The number of aromatic amines is 1. The third-order valence-electron chi connectivity index (χ3n) is 4.91. The maximum atomic E-state index is 12.9. The molecule has 1 aliphatic heterocycles. The summed E-state index contributed by atoms with van der Waals surface area (Å²) in [5.74, 6) is 0.796. The molecule has 0 unspecified atom stereocenters. The van der Waals surface area contributed by atoms with E-state index in [0.29, 0.717) is 11.8 Å². The van der Waals surface area contributed by atoms with Crippen LogP contribution < -0.4 is 0 Å². The van der Waals surface area contributed by atoms with Gasteiger partial charge in [0.1, 0.15) is 0 Å². The molecule has 2 aromatic heterocycles. The van der Waals surface area contributed by atoms with Crippen LogP contribution >= 0.6 is 0 Å². The van der Waals surface area contributed by atoms with E-state index >= 15 is 0 Å². The number of carbonyl (C=O) groups is 1. The Morgan fingerprint density at radius 3 is 3.00 bits per heavy atom. The maximum absolute atomic E-state index is 12.9. The Labute approximate surface area is 129 Å². The number of piperidine rings is 1. The average Bonchev–Trinajstić information content (AvgIpc) is 3.20. The normalized spacial score (nSPS) is 27.6. The van der Waals surface area contributed by atoms with Gasteiger partial charge in [-0.15, -0.1) is 0 Å². The average molecular weight is 296 g/mol. The lowest BCUT2D eigenvalue weighted by Gasteiger charge is -2.35. The van der Waals surface area contributed by atoms with E-state index in [1.54, 1.807) is 6.20 Å². The molecule has 1 saturated carbocycles. The van der Waals surface area contributed by atoms with Crippen molar-refractivity contribution >= 4 is 5.91 Å². The first-order valence-corrected chi connectivity index (χ1v) is 8.03. The van der Waals surface area contributed by atoms with E-state index in [1.807, 2.05) is 24.7 Å². The first kappa shape index (κ1) is 13.5. The largest absolute Gasteiger partial charge is 0.335 e. The Morgan fingerprint density at radius 1 is 1.27 bits per heavy atom. The molecule has 4 rings (SSSR count). The minimum Gasteiger partial charge on any atom is -0.335 e. The summed E-state index contributed by atoms with van der Waals surface area (Å²) in [6.45, 7) is 0.866. The molecule has 3 heterocycles. The van der Waals surface area contributed by atoms with E-state index in [4.69, 9.17) is 0 Å².